The fourth-order valence-electron chi connectivity index (χ4n) is 2.08. The van der Waals surface area contributed by atoms with Gasteiger partial charge in [0.1, 0.15) is 0 Å². The lowest BCUT2D eigenvalue weighted by molar-refractivity contribution is -0.172. The number of carbonyl (C=O) groups is 2. The van der Waals surface area contributed by atoms with Crippen molar-refractivity contribution in [3.8, 4) is 0 Å². The van der Waals surface area contributed by atoms with Crippen LogP contribution in [-0.2, 0) is 19.9 Å². The highest BCUT2D eigenvalue weighted by Gasteiger charge is 2.50. The molecule has 1 fully saturated rings. The molecule has 1 aliphatic heterocycles. The van der Waals surface area contributed by atoms with E-state index in [1.165, 1.54) is 0 Å². The molecular weight excluding hydrogens is 304 g/mol. The second-order valence-corrected chi connectivity index (χ2v) is 5.04. The molecule has 0 radical (unpaired) electrons. The molecule has 5 nitrogen and oxygen atoms in total. The van der Waals surface area contributed by atoms with Gasteiger partial charge in [0.25, 0.3) is 0 Å². The Hall–Kier alpha value is -1.40. The Labute approximate surface area is 112 Å². The van der Waals surface area contributed by atoms with Crippen LogP contribution in [0.4, 0.5) is 0 Å². The Morgan fingerprint density at radius 1 is 1.28 bits per heavy atom. The molecule has 1 aromatic carbocycles. The highest BCUT2D eigenvalue weighted by Crippen LogP contribution is 2.40. The quantitative estimate of drug-likeness (QED) is 0.891. The number of hydrogen-bond donors (Lipinski definition) is 2. The van der Waals surface area contributed by atoms with Crippen molar-refractivity contribution in [3.63, 3.8) is 0 Å². The predicted molar refractivity (Wildman–Crippen MR) is 65.2 cm³/mol. The zero-order chi connectivity index (χ0) is 13.3. The van der Waals surface area contributed by atoms with Crippen molar-refractivity contribution in [2.24, 2.45) is 0 Å². The maximum absolute atomic E-state index is 11.4. The van der Waals surface area contributed by atoms with Crippen molar-refractivity contribution in [1.29, 1.82) is 0 Å². The smallest absolute Gasteiger partial charge is 0.340 e. The van der Waals surface area contributed by atoms with Gasteiger partial charge in [-0.1, -0.05) is 28.1 Å². The molecule has 6 heteroatoms. The van der Waals surface area contributed by atoms with Crippen molar-refractivity contribution in [1.82, 2.24) is 0 Å². The van der Waals surface area contributed by atoms with E-state index in [1.54, 1.807) is 24.3 Å². The lowest BCUT2D eigenvalue weighted by atomic mass is 9.91. The molecular formula is C12H11BrO5. The molecule has 1 heterocycles. The summed E-state index contributed by atoms with van der Waals surface area (Å²) in [5.41, 5.74) is -1.09. The molecule has 2 rings (SSSR count). The van der Waals surface area contributed by atoms with Crippen LogP contribution in [0.1, 0.15) is 18.4 Å². The van der Waals surface area contributed by atoms with Crippen molar-refractivity contribution in [2.45, 2.75) is 24.5 Å². The van der Waals surface area contributed by atoms with Crippen LogP contribution in [0.5, 0.6) is 0 Å². The first-order valence-electron chi connectivity index (χ1n) is 5.36. The third kappa shape index (κ3) is 2.13. The Morgan fingerprint density at radius 2 is 1.89 bits per heavy atom. The number of aliphatic carboxylic acids is 2. The average Bonchev–Trinajstić information content (AvgIpc) is 2.76. The maximum Gasteiger partial charge on any atom is 0.340 e. The molecule has 0 unspecified atom stereocenters. The van der Waals surface area contributed by atoms with Crippen LogP contribution in [0.3, 0.4) is 0 Å². The molecule has 1 aliphatic rings. The third-order valence-corrected chi connectivity index (χ3v) is 3.56. The molecule has 1 aromatic rings. The number of rotatable bonds is 3. The molecule has 0 spiro atoms. The van der Waals surface area contributed by atoms with E-state index in [4.69, 9.17) is 9.84 Å². The van der Waals surface area contributed by atoms with E-state index in [2.05, 4.69) is 15.9 Å². The minimum absolute atomic E-state index is 0.154. The zero-order valence-corrected chi connectivity index (χ0v) is 10.9. The number of ether oxygens (including phenoxy) is 1. The van der Waals surface area contributed by atoms with Crippen LogP contribution in [0.15, 0.2) is 28.7 Å². The Bertz CT molecular complexity index is 484. The first kappa shape index (κ1) is 13.0. The van der Waals surface area contributed by atoms with E-state index in [0.717, 1.165) is 4.47 Å². The number of carboxylic acids is 2. The lowest BCUT2D eigenvalue weighted by Crippen LogP contribution is -2.37. The highest BCUT2D eigenvalue weighted by molar-refractivity contribution is 9.10. The summed E-state index contributed by atoms with van der Waals surface area (Å²) in [6.07, 6.45) is -0.719. The van der Waals surface area contributed by atoms with Gasteiger partial charge in [-0.25, -0.2) is 9.59 Å². The molecule has 0 amide bonds. The first-order valence-corrected chi connectivity index (χ1v) is 6.15. The van der Waals surface area contributed by atoms with Gasteiger partial charge in [-0.15, -0.1) is 0 Å². The Balaban J connectivity index is 2.38. The summed E-state index contributed by atoms with van der Waals surface area (Å²) in [5, 5.41) is 18.2. The van der Waals surface area contributed by atoms with Crippen molar-refractivity contribution < 1.29 is 24.5 Å². The molecule has 2 N–H and O–H groups in total. The van der Waals surface area contributed by atoms with Crippen molar-refractivity contribution in [2.75, 3.05) is 0 Å². The minimum atomic E-state index is -1.55. The van der Waals surface area contributed by atoms with Gasteiger partial charge in [0.05, 0.1) is 0 Å². The summed E-state index contributed by atoms with van der Waals surface area (Å²) in [4.78, 5) is 22.3. The van der Waals surface area contributed by atoms with Crippen molar-refractivity contribution in [3.05, 3.63) is 34.3 Å². The first-order chi connectivity index (χ1) is 8.45. The summed E-state index contributed by atoms with van der Waals surface area (Å²) >= 11 is 3.26. The molecule has 96 valence electrons. The zero-order valence-electron chi connectivity index (χ0n) is 9.30. The van der Waals surface area contributed by atoms with E-state index < -0.39 is 23.6 Å². The molecule has 18 heavy (non-hydrogen) atoms. The fraction of sp³-hybridized carbons (Fsp3) is 0.333. The molecule has 0 aliphatic carbocycles. The summed E-state index contributed by atoms with van der Waals surface area (Å²) in [6.45, 7) is 0. The topological polar surface area (TPSA) is 83.8 Å². The van der Waals surface area contributed by atoms with Crippen LogP contribution >= 0.6 is 15.9 Å². The molecule has 0 saturated carbocycles. The van der Waals surface area contributed by atoms with Gasteiger partial charge >= 0.3 is 11.9 Å². The van der Waals surface area contributed by atoms with Gasteiger partial charge in [0.2, 0.25) is 0 Å². The molecule has 0 bridgehead atoms. The standard InChI is InChI=1S/C12H11BrO5/c13-8-3-1-7(2-4-8)12(11(16)17)6-5-9(18-12)10(14)15/h1-4,9H,5-6H2,(H,14,15)(H,16,17)/t9-,12-/m0/s1. The molecule has 2 atom stereocenters. The van der Waals surface area contributed by atoms with E-state index in [-0.39, 0.29) is 12.8 Å². The average molecular weight is 315 g/mol. The summed E-state index contributed by atoms with van der Waals surface area (Å²) < 4.78 is 6.10. The fourth-order valence-corrected chi connectivity index (χ4v) is 2.35. The SMILES string of the molecule is O=C(O)[C@@H]1CC[C@@](C(=O)O)(c2ccc(Br)cc2)O1. The third-order valence-electron chi connectivity index (χ3n) is 3.03. The second-order valence-electron chi connectivity index (χ2n) is 4.12. The van der Waals surface area contributed by atoms with Gasteiger partial charge in [-0.05, 0) is 30.5 Å². The predicted octanol–water partition coefficient (Wildman–Crippen LogP) is 1.99. The number of hydrogen-bond acceptors (Lipinski definition) is 3. The summed E-state index contributed by atoms with van der Waals surface area (Å²) in [6, 6.07) is 6.67. The van der Waals surface area contributed by atoms with Gasteiger partial charge in [-0.2, -0.15) is 0 Å². The largest absolute Gasteiger partial charge is 0.479 e. The summed E-state index contributed by atoms with van der Waals surface area (Å²) in [5.74, 6) is -2.29. The lowest BCUT2D eigenvalue weighted by Gasteiger charge is -2.24. The normalized spacial score (nSPS) is 27.1. The number of halogens is 1. The Morgan fingerprint density at radius 3 is 2.33 bits per heavy atom. The molecule has 1 saturated heterocycles. The van der Waals surface area contributed by atoms with Crippen LogP contribution < -0.4 is 0 Å². The number of benzene rings is 1. The van der Waals surface area contributed by atoms with E-state index in [9.17, 15) is 14.7 Å². The molecule has 0 aromatic heterocycles. The van der Waals surface area contributed by atoms with E-state index >= 15 is 0 Å². The van der Waals surface area contributed by atoms with Crippen LogP contribution in [0.25, 0.3) is 0 Å². The van der Waals surface area contributed by atoms with E-state index in [1.807, 2.05) is 0 Å². The van der Waals surface area contributed by atoms with Gasteiger partial charge < -0.3 is 14.9 Å². The van der Waals surface area contributed by atoms with Gasteiger partial charge in [-0.3, -0.25) is 0 Å². The van der Waals surface area contributed by atoms with E-state index in [0.29, 0.717) is 5.56 Å². The van der Waals surface area contributed by atoms with Crippen LogP contribution in [0.2, 0.25) is 0 Å². The van der Waals surface area contributed by atoms with Crippen molar-refractivity contribution >= 4 is 27.9 Å². The monoisotopic (exact) mass is 314 g/mol. The summed E-state index contributed by atoms with van der Waals surface area (Å²) in [7, 11) is 0. The van der Waals surface area contributed by atoms with Crippen LogP contribution in [-0.4, -0.2) is 28.3 Å². The van der Waals surface area contributed by atoms with Gasteiger partial charge in [0, 0.05) is 4.47 Å². The number of carboxylic acid groups (broad SMARTS) is 2. The Kier molecular flexibility index (Phi) is 3.41. The highest BCUT2D eigenvalue weighted by atomic mass is 79.9. The second kappa shape index (κ2) is 4.70. The minimum Gasteiger partial charge on any atom is -0.479 e. The maximum atomic E-state index is 11.4. The van der Waals surface area contributed by atoms with Gasteiger partial charge in [0.15, 0.2) is 11.7 Å². The van der Waals surface area contributed by atoms with Crippen LogP contribution in [0, 0.1) is 0 Å².